The molecule has 1 aliphatic rings. The van der Waals surface area contributed by atoms with Crippen molar-refractivity contribution < 1.29 is 24.1 Å². The smallest absolute Gasteiger partial charge is 0.255 e. The standard InChI is InChI=1S/C20H25N3O5/c1-26-16-10-14(11-17(27-2)19(16)28-3)22-20(25)13-6-7-21-18(9-13)23-8-4-5-15(23)12-24/h6-7,9-11,15,24H,4-5,8,12H2,1-3H3,(H,22,25). The van der Waals surface area contributed by atoms with E-state index in [-0.39, 0.29) is 18.6 Å². The Balaban J connectivity index is 1.83. The summed E-state index contributed by atoms with van der Waals surface area (Å²) in [6, 6.07) is 6.77. The number of benzene rings is 1. The summed E-state index contributed by atoms with van der Waals surface area (Å²) >= 11 is 0. The van der Waals surface area contributed by atoms with Crippen molar-refractivity contribution >= 4 is 17.4 Å². The highest BCUT2D eigenvalue weighted by Gasteiger charge is 2.25. The van der Waals surface area contributed by atoms with Crippen molar-refractivity contribution in [1.29, 1.82) is 0 Å². The number of nitrogens with one attached hydrogen (secondary N) is 1. The Morgan fingerprint density at radius 3 is 2.54 bits per heavy atom. The van der Waals surface area contributed by atoms with E-state index in [0.29, 0.717) is 34.3 Å². The number of pyridine rings is 1. The van der Waals surface area contributed by atoms with Gasteiger partial charge in [-0.25, -0.2) is 4.98 Å². The van der Waals surface area contributed by atoms with Crippen molar-refractivity contribution in [2.75, 3.05) is 44.7 Å². The molecule has 28 heavy (non-hydrogen) atoms. The normalized spacial score (nSPS) is 16.0. The Kier molecular flexibility index (Phi) is 6.20. The lowest BCUT2D eigenvalue weighted by molar-refractivity contribution is 0.102. The van der Waals surface area contributed by atoms with Crippen LogP contribution in [-0.2, 0) is 0 Å². The molecule has 2 heterocycles. The van der Waals surface area contributed by atoms with Gasteiger partial charge in [0.2, 0.25) is 5.75 Å². The predicted molar refractivity (Wildman–Crippen MR) is 106 cm³/mol. The molecule has 0 bridgehead atoms. The van der Waals surface area contributed by atoms with Crippen molar-refractivity contribution in [3.8, 4) is 17.2 Å². The summed E-state index contributed by atoms with van der Waals surface area (Å²) in [6.45, 7) is 0.889. The average Bonchev–Trinajstić information content (AvgIpc) is 3.22. The molecule has 1 aromatic carbocycles. The molecule has 2 aromatic rings. The minimum Gasteiger partial charge on any atom is -0.493 e. The molecule has 1 amide bonds. The number of aromatic nitrogens is 1. The first-order chi connectivity index (χ1) is 13.6. The first-order valence-electron chi connectivity index (χ1n) is 9.06. The molecule has 1 atom stereocenters. The number of hydrogen-bond donors (Lipinski definition) is 2. The van der Waals surface area contributed by atoms with Gasteiger partial charge in [0, 0.05) is 36.1 Å². The highest BCUT2D eigenvalue weighted by Crippen LogP contribution is 2.40. The molecule has 150 valence electrons. The number of aliphatic hydroxyl groups excluding tert-OH is 1. The van der Waals surface area contributed by atoms with Gasteiger partial charge in [-0.1, -0.05) is 0 Å². The summed E-state index contributed by atoms with van der Waals surface area (Å²) in [5.74, 6) is 1.77. The zero-order valence-electron chi connectivity index (χ0n) is 16.3. The van der Waals surface area contributed by atoms with Gasteiger partial charge in [0.05, 0.1) is 34.0 Å². The van der Waals surface area contributed by atoms with Gasteiger partial charge in [0.1, 0.15) is 5.82 Å². The fourth-order valence-corrected chi connectivity index (χ4v) is 3.40. The van der Waals surface area contributed by atoms with Crippen molar-refractivity contribution in [2.45, 2.75) is 18.9 Å². The monoisotopic (exact) mass is 387 g/mol. The molecule has 2 N–H and O–H groups in total. The van der Waals surface area contributed by atoms with E-state index in [9.17, 15) is 9.90 Å². The largest absolute Gasteiger partial charge is 0.493 e. The number of anilines is 2. The van der Waals surface area contributed by atoms with E-state index in [1.807, 2.05) is 4.90 Å². The van der Waals surface area contributed by atoms with Crippen LogP contribution in [-0.4, -0.2) is 56.5 Å². The molecule has 1 saturated heterocycles. The topological polar surface area (TPSA) is 93.2 Å². The van der Waals surface area contributed by atoms with Gasteiger partial charge in [0.15, 0.2) is 11.5 Å². The van der Waals surface area contributed by atoms with Crippen LogP contribution < -0.4 is 24.4 Å². The zero-order valence-corrected chi connectivity index (χ0v) is 16.3. The molecule has 1 fully saturated rings. The van der Waals surface area contributed by atoms with Crippen LogP contribution in [0, 0.1) is 0 Å². The van der Waals surface area contributed by atoms with Gasteiger partial charge in [-0.2, -0.15) is 0 Å². The lowest BCUT2D eigenvalue weighted by Crippen LogP contribution is -2.32. The van der Waals surface area contributed by atoms with Crippen molar-refractivity contribution in [3.63, 3.8) is 0 Å². The molecule has 1 aromatic heterocycles. The number of carbonyl (C=O) groups excluding carboxylic acids is 1. The van der Waals surface area contributed by atoms with Gasteiger partial charge in [0.25, 0.3) is 5.91 Å². The second-order valence-electron chi connectivity index (χ2n) is 6.44. The first kappa shape index (κ1) is 19.8. The SMILES string of the molecule is COc1cc(NC(=O)c2ccnc(N3CCCC3CO)c2)cc(OC)c1OC. The molecular formula is C20H25N3O5. The van der Waals surface area contributed by atoms with E-state index in [4.69, 9.17) is 14.2 Å². The second-order valence-corrected chi connectivity index (χ2v) is 6.44. The van der Waals surface area contributed by atoms with E-state index in [2.05, 4.69) is 10.3 Å². The van der Waals surface area contributed by atoms with Crippen molar-refractivity contribution in [2.24, 2.45) is 0 Å². The van der Waals surface area contributed by atoms with Crippen LogP contribution in [0.2, 0.25) is 0 Å². The van der Waals surface area contributed by atoms with Gasteiger partial charge < -0.3 is 29.5 Å². The van der Waals surface area contributed by atoms with E-state index >= 15 is 0 Å². The summed E-state index contributed by atoms with van der Waals surface area (Å²) in [5, 5.41) is 12.4. The highest BCUT2D eigenvalue weighted by atomic mass is 16.5. The summed E-state index contributed by atoms with van der Waals surface area (Å²) < 4.78 is 15.9. The predicted octanol–water partition coefficient (Wildman–Crippen LogP) is 2.32. The van der Waals surface area contributed by atoms with E-state index in [1.165, 1.54) is 21.3 Å². The summed E-state index contributed by atoms with van der Waals surface area (Å²) in [5.41, 5.74) is 0.995. The van der Waals surface area contributed by atoms with Crippen LogP contribution in [0.15, 0.2) is 30.5 Å². The Morgan fingerprint density at radius 2 is 1.93 bits per heavy atom. The van der Waals surface area contributed by atoms with Gasteiger partial charge in [-0.15, -0.1) is 0 Å². The second kappa shape index (κ2) is 8.79. The number of ether oxygens (including phenoxy) is 3. The Bertz CT molecular complexity index is 817. The quantitative estimate of drug-likeness (QED) is 0.753. The minimum absolute atomic E-state index is 0.0425. The average molecular weight is 387 g/mol. The molecule has 3 rings (SSSR count). The zero-order chi connectivity index (χ0) is 20.1. The molecule has 0 aliphatic carbocycles. The third-order valence-electron chi connectivity index (χ3n) is 4.81. The summed E-state index contributed by atoms with van der Waals surface area (Å²) in [6.07, 6.45) is 3.51. The Morgan fingerprint density at radius 1 is 1.21 bits per heavy atom. The van der Waals surface area contributed by atoms with Crippen molar-refractivity contribution in [1.82, 2.24) is 4.98 Å². The Hall–Kier alpha value is -3.00. The number of rotatable bonds is 7. The fourth-order valence-electron chi connectivity index (χ4n) is 3.40. The van der Waals surface area contributed by atoms with Gasteiger partial charge in [-0.3, -0.25) is 4.79 Å². The fraction of sp³-hybridized carbons (Fsp3) is 0.400. The summed E-state index contributed by atoms with van der Waals surface area (Å²) in [7, 11) is 4.56. The third kappa shape index (κ3) is 3.96. The first-order valence-corrected chi connectivity index (χ1v) is 9.06. The third-order valence-corrected chi connectivity index (χ3v) is 4.81. The lowest BCUT2D eigenvalue weighted by Gasteiger charge is -2.24. The number of nitrogens with zero attached hydrogens (tertiary/aromatic N) is 2. The molecule has 1 unspecified atom stereocenters. The number of carbonyl (C=O) groups is 1. The van der Waals surface area contributed by atoms with Crippen LogP contribution in [0.3, 0.4) is 0 Å². The van der Waals surface area contributed by atoms with Gasteiger partial charge >= 0.3 is 0 Å². The molecule has 8 nitrogen and oxygen atoms in total. The van der Waals surface area contributed by atoms with E-state index in [1.54, 1.807) is 30.5 Å². The van der Waals surface area contributed by atoms with Crippen LogP contribution in [0.1, 0.15) is 23.2 Å². The molecule has 0 saturated carbocycles. The number of amides is 1. The number of methoxy groups -OCH3 is 3. The maximum atomic E-state index is 12.8. The summed E-state index contributed by atoms with van der Waals surface area (Å²) in [4.78, 5) is 19.2. The van der Waals surface area contributed by atoms with Crippen LogP contribution in [0.25, 0.3) is 0 Å². The maximum Gasteiger partial charge on any atom is 0.255 e. The van der Waals surface area contributed by atoms with Crippen LogP contribution >= 0.6 is 0 Å². The highest BCUT2D eigenvalue weighted by molar-refractivity contribution is 6.05. The van der Waals surface area contributed by atoms with E-state index < -0.39 is 0 Å². The Labute approximate surface area is 164 Å². The van der Waals surface area contributed by atoms with Crippen LogP contribution in [0.5, 0.6) is 17.2 Å². The molecule has 0 spiro atoms. The molecule has 1 aliphatic heterocycles. The lowest BCUT2D eigenvalue weighted by atomic mass is 10.2. The van der Waals surface area contributed by atoms with Crippen LogP contribution in [0.4, 0.5) is 11.5 Å². The van der Waals surface area contributed by atoms with Gasteiger partial charge in [-0.05, 0) is 25.0 Å². The minimum atomic E-state index is -0.280. The number of aliphatic hydroxyl groups is 1. The van der Waals surface area contributed by atoms with Crippen molar-refractivity contribution in [3.05, 3.63) is 36.0 Å². The molecular weight excluding hydrogens is 362 g/mol. The van der Waals surface area contributed by atoms with E-state index in [0.717, 1.165) is 19.4 Å². The maximum absolute atomic E-state index is 12.8. The number of hydrogen-bond acceptors (Lipinski definition) is 7. The molecule has 0 radical (unpaired) electrons. The molecule has 8 heteroatoms.